The van der Waals surface area contributed by atoms with Crippen LogP contribution >= 0.6 is 0 Å². The molecule has 5 nitrogen and oxygen atoms in total. The molecule has 0 aromatic carbocycles. The Labute approximate surface area is 102 Å². The van der Waals surface area contributed by atoms with E-state index in [0.717, 1.165) is 6.42 Å². The molecule has 0 amide bonds. The molecule has 17 heavy (non-hydrogen) atoms. The third kappa shape index (κ3) is 3.08. The van der Waals surface area contributed by atoms with Crippen molar-refractivity contribution in [3.8, 4) is 0 Å². The van der Waals surface area contributed by atoms with Crippen LogP contribution in [-0.4, -0.2) is 22.0 Å². The second kappa shape index (κ2) is 4.80. The van der Waals surface area contributed by atoms with Crippen molar-refractivity contribution in [2.45, 2.75) is 25.0 Å². The summed E-state index contributed by atoms with van der Waals surface area (Å²) < 4.78 is 31.6. The summed E-state index contributed by atoms with van der Waals surface area (Å²) in [7, 11) is -1.70. The Kier molecular flexibility index (Phi) is 3.56. The molecule has 0 saturated heterocycles. The monoisotopic (exact) mass is 258 g/mol. The number of hydrogen-bond donors (Lipinski definition) is 2. The zero-order valence-electron chi connectivity index (χ0n) is 10.1. The molecule has 2 rings (SSSR count). The number of hydrogen-bond acceptors (Lipinski definition) is 4. The van der Waals surface area contributed by atoms with E-state index >= 15 is 0 Å². The van der Waals surface area contributed by atoms with Crippen molar-refractivity contribution in [3.63, 3.8) is 0 Å². The summed E-state index contributed by atoms with van der Waals surface area (Å²) >= 11 is 0. The summed E-state index contributed by atoms with van der Waals surface area (Å²) in [5, 5.41) is 2.90. The quantitative estimate of drug-likeness (QED) is 0.796. The summed E-state index contributed by atoms with van der Waals surface area (Å²) in [5.41, 5.74) is 0. The molecule has 1 aromatic rings. The molecule has 0 bridgehead atoms. The van der Waals surface area contributed by atoms with Gasteiger partial charge in [0.2, 0.25) is 5.09 Å². The largest absolute Gasteiger partial charge is 0.447 e. The van der Waals surface area contributed by atoms with Gasteiger partial charge in [0.05, 0.1) is 6.54 Å². The predicted molar refractivity (Wildman–Crippen MR) is 63.9 cm³/mol. The molecule has 96 valence electrons. The van der Waals surface area contributed by atoms with Gasteiger partial charge in [-0.15, -0.1) is 0 Å². The minimum absolute atomic E-state index is 0.00365. The van der Waals surface area contributed by atoms with Gasteiger partial charge < -0.3 is 9.73 Å². The molecule has 0 spiro atoms. The van der Waals surface area contributed by atoms with Crippen LogP contribution in [0.5, 0.6) is 0 Å². The first-order chi connectivity index (χ1) is 8.03. The van der Waals surface area contributed by atoms with Gasteiger partial charge in [-0.25, -0.2) is 13.1 Å². The number of furan rings is 1. The minimum Gasteiger partial charge on any atom is -0.447 e. The van der Waals surface area contributed by atoms with Gasteiger partial charge in [-0.3, -0.25) is 0 Å². The van der Waals surface area contributed by atoms with Gasteiger partial charge in [0.1, 0.15) is 5.76 Å². The van der Waals surface area contributed by atoms with E-state index in [1.54, 1.807) is 13.1 Å². The van der Waals surface area contributed by atoms with Gasteiger partial charge in [0, 0.05) is 6.54 Å². The van der Waals surface area contributed by atoms with Crippen molar-refractivity contribution < 1.29 is 12.8 Å². The molecule has 2 atom stereocenters. The van der Waals surface area contributed by atoms with E-state index in [9.17, 15) is 8.42 Å². The van der Waals surface area contributed by atoms with E-state index in [0.29, 0.717) is 30.7 Å². The Morgan fingerprint density at radius 1 is 1.47 bits per heavy atom. The molecular formula is C11H18N2O3S. The van der Waals surface area contributed by atoms with Crippen molar-refractivity contribution in [1.29, 1.82) is 0 Å². The Balaban J connectivity index is 1.98. The summed E-state index contributed by atoms with van der Waals surface area (Å²) in [6.45, 7) is 3.15. The van der Waals surface area contributed by atoms with Crippen LogP contribution in [0, 0.1) is 11.8 Å². The Morgan fingerprint density at radius 3 is 2.76 bits per heavy atom. The highest BCUT2D eigenvalue weighted by molar-refractivity contribution is 7.89. The van der Waals surface area contributed by atoms with Crippen LogP contribution in [-0.2, 0) is 16.6 Å². The van der Waals surface area contributed by atoms with Crippen molar-refractivity contribution in [3.05, 3.63) is 17.9 Å². The standard InChI is InChI=1S/C11H18N2O3S/c1-8-5-9(8)6-13-17(14,15)11-4-3-10(16-11)7-12-2/h3-4,8-9,12-13H,5-7H2,1-2H3. The lowest BCUT2D eigenvalue weighted by Gasteiger charge is -2.03. The second-order valence-electron chi connectivity index (χ2n) is 4.58. The maximum Gasteiger partial charge on any atom is 0.273 e. The van der Waals surface area contributed by atoms with Crippen LogP contribution in [0.4, 0.5) is 0 Å². The van der Waals surface area contributed by atoms with Crippen LogP contribution in [0.3, 0.4) is 0 Å². The van der Waals surface area contributed by atoms with E-state index in [2.05, 4.69) is 17.0 Å². The highest BCUT2D eigenvalue weighted by Crippen LogP contribution is 2.37. The molecule has 1 fully saturated rings. The summed E-state index contributed by atoms with van der Waals surface area (Å²) in [4.78, 5) is 0. The highest BCUT2D eigenvalue weighted by atomic mass is 32.2. The summed E-state index contributed by atoms with van der Waals surface area (Å²) in [6, 6.07) is 3.16. The topological polar surface area (TPSA) is 71.3 Å². The normalized spacial score (nSPS) is 23.9. The third-order valence-electron chi connectivity index (χ3n) is 3.06. The fourth-order valence-corrected chi connectivity index (χ4v) is 2.78. The van der Waals surface area contributed by atoms with Crippen LogP contribution in [0.2, 0.25) is 0 Å². The fourth-order valence-electron chi connectivity index (χ4n) is 1.74. The Hall–Kier alpha value is -0.850. The van der Waals surface area contributed by atoms with Crippen LogP contribution in [0.25, 0.3) is 0 Å². The molecule has 2 N–H and O–H groups in total. The molecule has 2 unspecified atom stereocenters. The zero-order valence-corrected chi connectivity index (χ0v) is 10.9. The third-order valence-corrected chi connectivity index (χ3v) is 4.36. The summed E-state index contributed by atoms with van der Waals surface area (Å²) in [5.74, 6) is 1.73. The van der Waals surface area contributed by atoms with Crippen LogP contribution in [0.15, 0.2) is 21.6 Å². The Bertz CT molecular complexity index is 481. The smallest absolute Gasteiger partial charge is 0.273 e. The number of nitrogens with one attached hydrogen (secondary N) is 2. The van der Waals surface area contributed by atoms with E-state index < -0.39 is 10.0 Å². The molecule has 6 heteroatoms. The van der Waals surface area contributed by atoms with Crippen LogP contribution in [0.1, 0.15) is 19.1 Å². The maximum absolute atomic E-state index is 11.9. The fraction of sp³-hybridized carbons (Fsp3) is 0.636. The second-order valence-corrected chi connectivity index (χ2v) is 6.27. The molecule has 1 aromatic heterocycles. The lowest BCUT2D eigenvalue weighted by molar-refractivity contribution is 0.404. The van der Waals surface area contributed by atoms with Crippen molar-refractivity contribution in [2.24, 2.45) is 11.8 Å². The van der Waals surface area contributed by atoms with Crippen molar-refractivity contribution >= 4 is 10.0 Å². The van der Waals surface area contributed by atoms with E-state index in [-0.39, 0.29) is 5.09 Å². The Morgan fingerprint density at radius 2 is 2.18 bits per heavy atom. The van der Waals surface area contributed by atoms with Gasteiger partial charge >= 0.3 is 0 Å². The molecule has 1 aliphatic carbocycles. The van der Waals surface area contributed by atoms with E-state index in [4.69, 9.17) is 4.42 Å². The maximum atomic E-state index is 11.9. The zero-order chi connectivity index (χ0) is 12.5. The molecule has 1 aliphatic rings. The average molecular weight is 258 g/mol. The van der Waals surface area contributed by atoms with Gasteiger partial charge in [0.25, 0.3) is 10.0 Å². The SMILES string of the molecule is CNCc1ccc(S(=O)(=O)NCC2CC2C)o1. The number of rotatable bonds is 6. The van der Waals surface area contributed by atoms with Gasteiger partial charge in [-0.05, 0) is 37.4 Å². The molecule has 0 aliphatic heterocycles. The average Bonchev–Trinajstić information content (AvgIpc) is 2.77. The molecule has 1 heterocycles. The predicted octanol–water partition coefficient (Wildman–Crippen LogP) is 0.933. The first-order valence-electron chi connectivity index (χ1n) is 5.76. The van der Waals surface area contributed by atoms with E-state index in [1.807, 2.05) is 0 Å². The highest BCUT2D eigenvalue weighted by Gasteiger charge is 2.33. The van der Waals surface area contributed by atoms with Gasteiger partial charge in [0.15, 0.2) is 0 Å². The van der Waals surface area contributed by atoms with Gasteiger partial charge in [-0.2, -0.15) is 0 Å². The molecular weight excluding hydrogens is 240 g/mol. The van der Waals surface area contributed by atoms with Crippen molar-refractivity contribution in [1.82, 2.24) is 10.0 Å². The summed E-state index contributed by atoms with van der Waals surface area (Å²) in [6.07, 6.45) is 1.10. The molecule has 0 radical (unpaired) electrons. The van der Waals surface area contributed by atoms with Crippen molar-refractivity contribution in [2.75, 3.05) is 13.6 Å². The van der Waals surface area contributed by atoms with E-state index in [1.165, 1.54) is 6.07 Å². The van der Waals surface area contributed by atoms with Gasteiger partial charge in [-0.1, -0.05) is 6.92 Å². The van der Waals surface area contributed by atoms with Crippen LogP contribution < -0.4 is 10.0 Å². The lowest BCUT2D eigenvalue weighted by Crippen LogP contribution is -2.25. The first-order valence-corrected chi connectivity index (χ1v) is 7.24. The minimum atomic E-state index is -3.48. The molecule has 1 saturated carbocycles. The number of sulfonamides is 1. The first kappa shape index (κ1) is 12.6. The lowest BCUT2D eigenvalue weighted by atomic mass is 10.3.